The van der Waals surface area contributed by atoms with Gasteiger partial charge in [0.1, 0.15) is 5.65 Å². The van der Waals surface area contributed by atoms with E-state index in [1.54, 1.807) is 18.5 Å². The summed E-state index contributed by atoms with van der Waals surface area (Å²) in [4.78, 5) is 33.9. The minimum atomic E-state index is -0.527. The highest BCUT2D eigenvalue weighted by Gasteiger charge is 2.10. The van der Waals surface area contributed by atoms with Crippen LogP contribution in [0.4, 0.5) is 5.69 Å². The maximum atomic E-state index is 12.5. The Morgan fingerprint density at radius 3 is 2.85 bits per heavy atom. The fourth-order valence-electron chi connectivity index (χ4n) is 3.06. The average Bonchev–Trinajstić information content (AvgIpc) is 3.24. The highest BCUT2D eigenvalue weighted by atomic mass is 16.1. The normalized spacial score (nSPS) is 11.4. The first-order valence-electron chi connectivity index (χ1n) is 8.39. The number of nitrogens with two attached hydrogens (primary N) is 1. The number of fused-ring (bicyclic) bond motifs is 2. The molecule has 2 amide bonds. The van der Waals surface area contributed by atoms with Crippen LogP contribution in [0.2, 0.25) is 0 Å². The smallest absolute Gasteiger partial charge is 0.241 e. The number of benzene rings is 1. The molecule has 0 fully saturated rings. The second-order valence-corrected chi connectivity index (χ2v) is 6.18. The van der Waals surface area contributed by atoms with Crippen molar-refractivity contribution >= 4 is 45.5 Å². The summed E-state index contributed by atoms with van der Waals surface area (Å²) in [5, 5.41) is 4.70. The first-order chi connectivity index (χ1) is 13.1. The molecule has 3 heterocycles. The minimum absolute atomic E-state index is 0.134. The fourth-order valence-corrected chi connectivity index (χ4v) is 3.06. The molecule has 0 aliphatic carbocycles. The lowest BCUT2D eigenvalue weighted by Gasteiger charge is -2.05. The molecule has 0 saturated heterocycles. The Hall–Kier alpha value is -3.87. The number of para-hydroxylation sites is 1. The molecule has 4 aromatic rings. The van der Waals surface area contributed by atoms with Gasteiger partial charge in [-0.25, -0.2) is 4.98 Å². The highest BCUT2D eigenvalue weighted by Crippen LogP contribution is 2.22. The molecule has 0 aliphatic rings. The summed E-state index contributed by atoms with van der Waals surface area (Å²) in [6, 6.07) is 9.67. The Kier molecular flexibility index (Phi) is 4.18. The molecule has 7 heteroatoms. The van der Waals surface area contributed by atoms with Crippen molar-refractivity contribution in [3.8, 4) is 0 Å². The zero-order valence-electron chi connectivity index (χ0n) is 14.3. The van der Waals surface area contributed by atoms with Crippen LogP contribution in [0.1, 0.15) is 11.1 Å². The van der Waals surface area contributed by atoms with Gasteiger partial charge in [-0.2, -0.15) is 0 Å². The van der Waals surface area contributed by atoms with Crippen molar-refractivity contribution in [2.24, 2.45) is 5.73 Å². The van der Waals surface area contributed by atoms with Gasteiger partial charge < -0.3 is 21.0 Å². The lowest BCUT2D eigenvalue weighted by atomic mass is 10.1. The second kappa shape index (κ2) is 6.80. The number of primary amides is 1. The van der Waals surface area contributed by atoms with Gasteiger partial charge >= 0.3 is 0 Å². The number of carbonyl (C=O) groups is 2. The van der Waals surface area contributed by atoms with Crippen molar-refractivity contribution in [2.45, 2.75) is 6.42 Å². The number of aromatic nitrogens is 3. The molecular formula is C20H17N5O2. The number of pyridine rings is 1. The van der Waals surface area contributed by atoms with Gasteiger partial charge in [0.15, 0.2) is 0 Å². The van der Waals surface area contributed by atoms with E-state index < -0.39 is 5.91 Å². The zero-order chi connectivity index (χ0) is 18.8. The molecular weight excluding hydrogens is 342 g/mol. The van der Waals surface area contributed by atoms with Crippen molar-refractivity contribution in [3.63, 3.8) is 0 Å². The predicted octanol–water partition coefficient (Wildman–Crippen LogP) is 2.72. The van der Waals surface area contributed by atoms with Gasteiger partial charge in [-0.1, -0.05) is 18.2 Å². The number of amides is 2. The lowest BCUT2D eigenvalue weighted by molar-refractivity contribution is -0.115. The van der Waals surface area contributed by atoms with E-state index in [0.717, 1.165) is 27.4 Å². The van der Waals surface area contributed by atoms with Crippen molar-refractivity contribution < 1.29 is 9.59 Å². The summed E-state index contributed by atoms with van der Waals surface area (Å²) in [6.07, 6.45) is 8.32. The number of carbonyl (C=O) groups excluding carboxylic acids is 2. The topological polar surface area (TPSA) is 117 Å². The Labute approximate surface area is 154 Å². The zero-order valence-corrected chi connectivity index (χ0v) is 14.3. The number of H-pyrrole nitrogens is 2. The van der Waals surface area contributed by atoms with Crippen LogP contribution in [0, 0.1) is 0 Å². The summed E-state index contributed by atoms with van der Waals surface area (Å²) >= 11 is 0. The van der Waals surface area contributed by atoms with E-state index in [4.69, 9.17) is 5.73 Å². The molecule has 134 valence electrons. The minimum Gasteiger partial charge on any atom is -0.366 e. The Morgan fingerprint density at radius 1 is 1.15 bits per heavy atom. The van der Waals surface area contributed by atoms with Gasteiger partial charge in [0.05, 0.1) is 18.3 Å². The molecule has 0 radical (unpaired) electrons. The largest absolute Gasteiger partial charge is 0.366 e. The molecule has 0 aliphatic heterocycles. The molecule has 0 saturated carbocycles. The first-order valence-corrected chi connectivity index (χ1v) is 8.39. The predicted molar refractivity (Wildman–Crippen MR) is 105 cm³/mol. The van der Waals surface area contributed by atoms with Crippen LogP contribution in [0.25, 0.3) is 28.0 Å². The van der Waals surface area contributed by atoms with Crippen molar-refractivity contribution in [1.82, 2.24) is 15.0 Å². The molecule has 0 bridgehead atoms. The van der Waals surface area contributed by atoms with Crippen molar-refractivity contribution in [3.05, 3.63) is 66.1 Å². The van der Waals surface area contributed by atoms with Gasteiger partial charge in [-0.3, -0.25) is 9.59 Å². The Morgan fingerprint density at radius 2 is 2.00 bits per heavy atom. The second-order valence-electron chi connectivity index (χ2n) is 6.18. The molecule has 0 unspecified atom stereocenters. The number of aromatic amines is 2. The van der Waals surface area contributed by atoms with E-state index in [-0.39, 0.29) is 12.3 Å². The maximum Gasteiger partial charge on any atom is 0.241 e. The molecule has 5 N–H and O–H groups in total. The van der Waals surface area contributed by atoms with Crippen LogP contribution in [0.15, 0.2) is 55.0 Å². The Balaban J connectivity index is 1.55. The molecule has 4 rings (SSSR count). The van der Waals surface area contributed by atoms with Crippen LogP contribution < -0.4 is 11.1 Å². The summed E-state index contributed by atoms with van der Waals surface area (Å²) < 4.78 is 0. The van der Waals surface area contributed by atoms with Crippen LogP contribution in [0.5, 0.6) is 0 Å². The van der Waals surface area contributed by atoms with E-state index in [1.807, 2.05) is 36.5 Å². The molecule has 3 aromatic heterocycles. The number of nitrogens with one attached hydrogen (secondary N) is 3. The first kappa shape index (κ1) is 16.6. The van der Waals surface area contributed by atoms with Crippen molar-refractivity contribution in [2.75, 3.05) is 5.32 Å². The third kappa shape index (κ3) is 3.43. The van der Waals surface area contributed by atoms with Gasteiger partial charge in [-0.15, -0.1) is 0 Å². The summed E-state index contributed by atoms with van der Waals surface area (Å²) in [5.74, 6) is -0.661. The number of rotatable bonds is 5. The number of anilines is 1. The van der Waals surface area contributed by atoms with E-state index in [1.165, 1.54) is 6.08 Å². The number of hydrogen-bond acceptors (Lipinski definition) is 3. The molecule has 1 aromatic carbocycles. The maximum absolute atomic E-state index is 12.5. The third-order valence-corrected chi connectivity index (χ3v) is 4.30. The van der Waals surface area contributed by atoms with Crippen LogP contribution >= 0.6 is 0 Å². The van der Waals surface area contributed by atoms with E-state index in [2.05, 4.69) is 20.3 Å². The van der Waals surface area contributed by atoms with E-state index >= 15 is 0 Å². The van der Waals surface area contributed by atoms with Gasteiger partial charge in [-0.05, 0) is 23.8 Å². The van der Waals surface area contributed by atoms with Crippen molar-refractivity contribution in [1.29, 1.82) is 0 Å². The summed E-state index contributed by atoms with van der Waals surface area (Å²) in [6.45, 7) is 0. The number of nitrogens with zero attached hydrogens (tertiary/aromatic N) is 1. The monoisotopic (exact) mass is 359 g/mol. The third-order valence-electron chi connectivity index (χ3n) is 4.30. The van der Waals surface area contributed by atoms with E-state index in [9.17, 15) is 9.59 Å². The van der Waals surface area contributed by atoms with Crippen LogP contribution in [-0.4, -0.2) is 26.8 Å². The molecule has 27 heavy (non-hydrogen) atoms. The molecule has 0 spiro atoms. The van der Waals surface area contributed by atoms with Gasteiger partial charge in [0.2, 0.25) is 11.8 Å². The fraction of sp³-hybridized carbons (Fsp3) is 0.0500. The van der Waals surface area contributed by atoms with Crippen LogP contribution in [-0.2, 0) is 16.0 Å². The summed E-state index contributed by atoms with van der Waals surface area (Å²) in [7, 11) is 0. The van der Waals surface area contributed by atoms with Gasteiger partial charge in [0.25, 0.3) is 0 Å². The SMILES string of the molecule is NC(=O)C=Cc1c[nH]c2ncc(NC(=O)Cc3c[nH]c4ccccc34)cc12. The summed E-state index contributed by atoms with van der Waals surface area (Å²) in [5.41, 5.74) is 9.09. The quantitative estimate of drug-likeness (QED) is 0.410. The van der Waals surface area contributed by atoms with E-state index in [0.29, 0.717) is 11.3 Å². The molecule has 7 nitrogen and oxygen atoms in total. The van der Waals surface area contributed by atoms with Gasteiger partial charge in [0, 0.05) is 40.3 Å². The average molecular weight is 359 g/mol. The van der Waals surface area contributed by atoms with Crippen LogP contribution in [0.3, 0.4) is 0 Å². The Bertz CT molecular complexity index is 1190. The standard InChI is InChI=1S/C20H17N5O2/c21-18(26)6-5-12-9-23-20-16(12)8-14(11-24-20)25-19(27)7-13-10-22-17-4-2-1-3-15(13)17/h1-6,8-11,22H,7H2,(H2,21,26)(H,23,24)(H,25,27). The molecule has 0 atom stereocenters. The lowest BCUT2D eigenvalue weighted by Crippen LogP contribution is -2.14. The highest BCUT2D eigenvalue weighted by molar-refractivity contribution is 5.99. The number of hydrogen-bond donors (Lipinski definition) is 4.